The smallest absolute Gasteiger partial charge is 0.194 e. The van der Waals surface area contributed by atoms with Gasteiger partial charge in [-0.05, 0) is 65.4 Å². The Morgan fingerprint density at radius 1 is 0.658 bits per heavy atom. The molecule has 0 saturated carbocycles. The van der Waals surface area contributed by atoms with Crippen molar-refractivity contribution in [3.63, 3.8) is 0 Å². The molecule has 0 unspecified atom stereocenters. The first-order chi connectivity index (χ1) is 17.9. The SMILES string of the molecule is Cc1cc(-c2cccc(C#N)c2)ccc1C1=C(c2cc(-c3ccccc3)sc2C)C(F)(F)C(F)(F)C1(F)F. The standard InChI is InChI=1S/C30H19F6NS/c1-17-13-22(21-10-6-7-19(14-21)16-37)11-12-23(17)26-27(29(33,34)30(35,36)28(26,31)32)24-15-25(38-18(24)2)20-8-4-3-5-9-20/h3-15H,1-2H3. The Morgan fingerprint density at radius 2 is 1.26 bits per heavy atom. The minimum absolute atomic E-state index is 0.127. The molecule has 192 valence electrons. The minimum Gasteiger partial charge on any atom is -0.194 e. The predicted octanol–water partition coefficient (Wildman–Crippen LogP) is 9.40. The van der Waals surface area contributed by atoms with Gasteiger partial charge in [0.25, 0.3) is 0 Å². The molecule has 0 amide bonds. The molecular weight excluding hydrogens is 520 g/mol. The lowest BCUT2D eigenvalue weighted by atomic mass is 9.90. The van der Waals surface area contributed by atoms with Crippen molar-refractivity contribution in [3.05, 3.63) is 106 Å². The highest BCUT2D eigenvalue weighted by Gasteiger charge is 2.80. The van der Waals surface area contributed by atoms with Gasteiger partial charge in [-0.2, -0.15) is 31.6 Å². The summed E-state index contributed by atoms with van der Waals surface area (Å²) in [5.41, 5.74) is -1.14. The van der Waals surface area contributed by atoms with Gasteiger partial charge in [0.05, 0.1) is 11.6 Å². The molecular formula is C30H19F6NS. The van der Waals surface area contributed by atoms with Gasteiger partial charge in [-0.15, -0.1) is 11.3 Å². The first-order valence-electron chi connectivity index (χ1n) is 11.6. The monoisotopic (exact) mass is 539 g/mol. The highest BCUT2D eigenvalue weighted by molar-refractivity contribution is 7.15. The quantitative estimate of drug-likeness (QED) is 0.237. The molecule has 1 aromatic heterocycles. The Kier molecular flexibility index (Phi) is 6.03. The van der Waals surface area contributed by atoms with Crippen molar-refractivity contribution >= 4 is 22.5 Å². The largest absolute Gasteiger partial charge is 0.380 e. The fourth-order valence-electron chi connectivity index (χ4n) is 4.80. The Labute approximate surface area is 219 Å². The molecule has 0 aliphatic heterocycles. The van der Waals surface area contributed by atoms with Crippen molar-refractivity contribution in [3.8, 4) is 27.6 Å². The van der Waals surface area contributed by atoms with Crippen molar-refractivity contribution < 1.29 is 26.3 Å². The van der Waals surface area contributed by atoms with E-state index in [-0.39, 0.29) is 21.6 Å². The van der Waals surface area contributed by atoms with Crippen molar-refractivity contribution in [2.45, 2.75) is 31.6 Å². The second kappa shape index (κ2) is 8.88. The van der Waals surface area contributed by atoms with E-state index in [9.17, 15) is 8.78 Å². The molecule has 1 heterocycles. The second-order valence-corrected chi connectivity index (χ2v) is 10.4. The van der Waals surface area contributed by atoms with Crippen LogP contribution in [0.2, 0.25) is 0 Å². The number of hydrogen-bond acceptors (Lipinski definition) is 2. The fourth-order valence-corrected chi connectivity index (χ4v) is 5.83. The number of rotatable bonds is 4. The molecule has 1 aliphatic carbocycles. The summed E-state index contributed by atoms with van der Waals surface area (Å²) >= 11 is 1.08. The molecule has 3 aromatic carbocycles. The van der Waals surface area contributed by atoms with Crippen LogP contribution in [0.1, 0.15) is 27.1 Å². The number of benzene rings is 3. The van der Waals surface area contributed by atoms with Gasteiger partial charge >= 0.3 is 17.8 Å². The van der Waals surface area contributed by atoms with E-state index in [2.05, 4.69) is 0 Å². The van der Waals surface area contributed by atoms with Crippen LogP contribution < -0.4 is 0 Å². The summed E-state index contributed by atoms with van der Waals surface area (Å²) in [6.45, 7) is 2.87. The minimum atomic E-state index is -5.63. The Balaban J connectivity index is 1.74. The van der Waals surface area contributed by atoms with E-state index in [4.69, 9.17) is 5.26 Å². The van der Waals surface area contributed by atoms with Crippen LogP contribution in [0, 0.1) is 25.2 Å². The Morgan fingerprint density at radius 3 is 1.89 bits per heavy atom. The third-order valence-electron chi connectivity index (χ3n) is 6.73. The van der Waals surface area contributed by atoms with Gasteiger partial charge in [0.2, 0.25) is 0 Å². The Hall–Kier alpha value is -3.83. The first kappa shape index (κ1) is 25.8. The van der Waals surface area contributed by atoms with Crippen molar-refractivity contribution in [2.75, 3.05) is 0 Å². The van der Waals surface area contributed by atoms with Crippen LogP contribution in [-0.4, -0.2) is 17.8 Å². The van der Waals surface area contributed by atoms with Crippen LogP contribution in [0.4, 0.5) is 26.3 Å². The molecule has 1 nitrogen and oxygen atoms in total. The van der Waals surface area contributed by atoms with Gasteiger partial charge in [0, 0.05) is 20.9 Å². The molecule has 0 saturated heterocycles. The number of hydrogen-bond donors (Lipinski definition) is 0. The van der Waals surface area contributed by atoms with Crippen LogP contribution in [-0.2, 0) is 0 Å². The van der Waals surface area contributed by atoms with Gasteiger partial charge in [-0.25, -0.2) is 0 Å². The van der Waals surface area contributed by atoms with E-state index in [0.717, 1.165) is 11.3 Å². The first-order valence-corrected chi connectivity index (χ1v) is 12.4. The number of nitrogens with zero attached hydrogens (tertiary/aromatic N) is 1. The summed E-state index contributed by atoms with van der Waals surface area (Å²) in [6, 6.07) is 22.6. The maximum atomic E-state index is 15.3. The van der Waals surface area contributed by atoms with Crippen molar-refractivity contribution in [1.82, 2.24) is 0 Å². The van der Waals surface area contributed by atoms with E-state index in [0.29, 0.717) is 27.1 Å². The lowest BCUT2D eigenvalue weighted by Crippen LogP contribution is -2.49. The molecule has 0 N–H and O–H groups in total. The summed E-state index contributed by atoms with van der Waals surface area (Å²) in [6.07, 6.45) is 0. The van der Waals surface area contributed by atoms with Crippen molar-refractivity contribution in [2.24, 2.45) is 0 Å². The molecule has 8 heteroatoms. The van der Waals surface area contributed by atoms with E-state index in [1.165, 1.54) is 38.1 Å². The maximum Gasteiger partial charge on any atom is 0.380 e. The van der Waals surface area contributed by atoms with Crippen LogP contribution in [0.15, 0.2) is 78.9 Å². The van der Waals surface area contributed by atoms with Gasteiger partial charge in [-0.1, -0.05) is 60.7 Å². The summed E-state index contributed by atoms with van der Waals surface area (Å²) < 4.78 is 91.0. The van der Waals surface area contributed by atoms with Gasteiger partial charge in [0.1, 0.15) is 0 Å². The van der Waals surface area contributed by atoms with E-state index in [1.54, 1.807) is 54.6 Å². The van der Waals surface area contributed by atoms with Gasteiger partial charge in [-0.3, -0.25) is 0 Å². The third-order valence-corrected chi connectivity index (χ3v) is 7.83. The van der Waals surface area contributed by atoms with Crippen LogP contribution in [0.25, 0.3) is 32.7 Å². The third kappa shape index (κ3) is 3.76. The predicted molar refractivity (Wildman–Crippen MR) is 137 cm³/mol. The lowest BCUT2D eigenvalue weighted by Gasteiger charge is -2.26. The highest BCUT2D eigenvalue weighted by Crippen LogP contribution is 2.65. The van der Waals surface area contributed by atoms with Crippen molar-refractivity contribution in [1.29, 1.82) is 5.26 Å². The molecule has 4 aromatic rings. The summed E-state index contributed by atoms with van der Waals surface area (Å²) in [4.78, 5) is 0.732. The van der Waals surface area contributed by atoms with Crippen LogP contribution in [0.5, 0.6) is 0 Å². The summed E-state index contributed by atoms with van der Waals surface area (Å²) in [5, 5.41) is 9.16. The zero-order valence-corrected chi connectivity index (χ0v) is 20.9. The Bertz CT molecular complexity index is 1630. The molecule has 0 bridgehead atoms. The summed E-state index contributed by atoms with van der Waals surface area (Å²) in [5.74, 6) is -15.9. The average Bonchev–Trinajstić information content (AvgIpc) is 3.32. The summed E-state index contributed by atoms with van der Waals surface area (Å²) in [7, 11) is 0. The number of allylic oxidation sites excluding steroid dienone is 2. The molecule has 0 atom stereocenters. The lowest BCUT2D eigenvalue weighted by molar-refractivity contribution is -0.254. The van der Waals surface area contributed by atoms with E-state index in [1.807, 2.05) is 6.07 Å². The van der Waals surface area contributed by atoms with Gasteiger partial charge < -0.3 is 0 Å². The van der Waals surface area contributed by atoms with Crippen LogP contribution >= 0.6 is 11.3 Å². The molecule has 0 fully saturated rings. The number of alkyl halides is 6. The maximum absolute atomic E-state index is 15.3. The zero-order chi connectivity index (χ0) is 27.5. The topological polar surface area (TPSA) is 23.8 Å². The molecule has 0 spiro atoms. The highest BCUT2D eigenvalue weighted by atomic mass is 32.1. The normalized spacial score (nSPS) is 17.4. The second-order valence-electron chi connectivity index (χ2n) is 9.14. The number of halogens is 6. The average molecular weight is 540 g/mol. The number of thiophene rings is 1. The molecule has 0 radical (unpaired) electrons. The zero-order valence-electron chi connectivity index (χ0n) is 20.1. The molecule has 38 heavy (non-hydrogen) atoms. The van der Waals surface area contributed by atoms with E-state index >= 15 is 17.6 Å². The number of aryl methyl sites for hydroxylation is 2. The van der Waals surface area contributed by atoms with Crippen LogP contribution in [0.3, 0.4) is 0 Å². The fraction of sp³-hybridized carbons (Fsp3) is 0.167. The van der Waals surface area contributed by atoms with E-state index < -0.39 is 28.9 Å². The van der Waals surface area contributed by atoms with Gasteiger partial charge in [0.15, 0.2) is 0 Å². The number of nitriles is 1. The molecule has 1 aliphatic rings. The molecule has 5 rings (SSSR count).